The van der Waals surface area contributed by atoms with E-state index in [-0.39, 0.29) is 12.4 Å². The number of amidine groups is 1. The Kier molecular flexibility index (Phi) is 4.07. The summed E-state index contributed by atoms with van der Waals surface area (Å²) in [6, 6.07) is 14.3. The molecule has 0 unspecified atom stereocenters. The van der Waals surface area contributed by atoms with Gasteiger partial charge in [0.2, 0.25) is 0 Å². The molecule has 2 aromatic carbocycles. The van der Waals surface area contributed by atoms with E-state index < -0.39 is 10.2 Å². The molecule has 0 aromatic heterocycles. The maximum atomic E-state index is 11.5. The molecule has 1 aliphatic rings. The summed E-state index contributed by atoms with van der Waals surface area (Å²) in [7, 11) is -3.79. The van der Waals surface area contributed by atoms with E-state index in [4.69, 9.17) is 15.2 Å². The standard InChI is InChI=1S/C15H15N3O4S/c16-15-14-12(17-23(19,20)18-15)7-4-8-13(14)22-10-9-21-11-5-2-1-3-6-11/h1-8,17H,9-10H2,(H2,16,18). The minimum Gasteiger partial charge on any atom is -0.490 e. The number of fused-ring (bicyclic) bond motifs is 1. The van der Waals surface area contributed by atoms with Crippen molar-refractivity contribution in [2.24, 2.45) is 10.1 Å². The third-order valence-corrected chi connectivity index (χ3v) is 4.01. The van der Waals surface area contributed by atoms with Crippen LogP contribution in [-0.2, 0) is 10.2 Å². The maximum absolute atomic E-state index is 11.5. The lowest BCUT2D eigenvalue weighted by Gasteiger charge is -2.19. The quantitative estimate of drug-likeness (QED) is 0.808. The van der Waals surface area contributed by atoms with Gasteiger partial charge >= 0.3 is 10.2 Å². The Morgan fingerprint density at radius 3 is 2.52 bits per heavy atom. The lowest BCUT2D eigenvalue weighted by atomic mass is 10.1. The number of rotatable bonds is 5. The molecule has 7 nitrogen and oxygen atoms in total. The lowest BCUT2D eigenvalue weighted by Crippen LogP contribution is -2.27. The van der Waals surface area contributed by atoms with E-state index in [0.717, 1.165) is 5.75 Å². The van der Waals surface area contributed by atoms with Gasteiger partial charge in [-0.25, -0.2) is 0 Å². The molecule has 0 bridgehead atoms. The number of nitrogens with zero attached hydrogens (tertiary/aromatic N) is 1. The topological polar surface area (TPSA) is 103 Å². The second-order valence-corrected chi connectivity index (χ2v) is 6.08. The predicted octanol–water partition coefficient (Wildman–Crippen LogP) is 1.52. The third kappa shape index (κ3) is 3.54. The van der Waals surface area contributed by atoms with Crippen LogP contribution < -0.4 is 19.9 Å². The van der Waals surface area contributed by atoms with Crippen LogP contribution in [0, 0.1) is 0 Å². The Morgan fingerprint density at radius 2 is 1.74 bits per heavy atom. The fourth-order valence-corrected chi connectivity index (χ4v) is 3.01. The largest absolute Gasteiger partial charge is 0.490 e. The molecule has 3 N–H and O–H groups in total. The zero-order valence-corrected chi connectivity index (χ0v) is 12.9. The Hall–Kier alpha value is -2.74. The zero-order chi connectivity index (χ0) is 16.3. The molecule has 0 atom stereocenters. The first-order valence-electron chi connectivity index (χ1n) is 6.87. The number of para-hydroxylation sites is 1. The van der Waals surface area contributed by atoms with Crippen molar-refractivity contribution in [1.29, 1.82) is 0 Å². The van der Waals surface area contributed by atoms with Crippen LogP contribution in [0.2, 0.25) is 0 Å². The van der Waals surface area contributed by atoms with E-state index in [9.17, 15) is 8.42 Å². The van der Waals surface area contributed by atoms with Crippen molar-refractivity contribution in [2.75, 3.05) is 17.9 Å². The van der Waals surface area contributed by atoms with Crippen LogP contribution in [0.15, 0.2) is 52.9 Å². The summed E-state index contributed by atoms with van der Waals surface area (Å²) in [5.41, 5.74) is 6.52. The monoisotopic (exact) mass is 333 g/mol. The fraction of sp³-hybridized carbons (Fsp3) is 0.133. The highest BCUT2D eigenvalue weighted by molar-refractivity contribution is 7.91. The van der Waals surface area contributed by atoms with Gasteiger partial charge in [0, 0.05) is 0 Å². The minimum atomic E-state index is -3.79. The van der Waals surface area contributed by atoms with Crippen LogP contribution in [-0.4, -0.2) is 27.5 Å². The van der Waals surface area contributed by atoms with Crippen LogP contribution in [0.5, 0.6) is 11.5 Å². The predicted molar refractivity (Wildman–Crippen MR) is 87.1 cm³/mol. The number of hydrogen-bond donors (Lipinski definition) is 2. The first-order valence-corrected chi connectivity index (χ1v) is 8.31. The minimum absolute atomic E-state index is 0.0988. The van der Waals surface area contributed by atoms with Gasteiger partial charge in [0.1, 0.15) is 24.7 Å². The van der Waals surface area contributed by atoms with Gasteiger partial charge in [-0.1, -0.05) is 24.3 Å². The number of anilines is 1. The molecule has 0 aliphatic carbocycles. The van der Waals surface area contributed by atoms with Gasteiger partial charge in [-0.2, -0.15) is 8.42 Å². The molecule has 0 saturated heterocycles. The molecule has 0 radical (unpaired) electrons. The van der Waals surface area contributed by atoms with Crippen molar-refractivity contribution in [3.63, 3.8) is 0 Å². The van der Waals surface area contributed by atoms with E-state index >= 15 is 0 Å². The van der Waals surface area contributed by atoms with E-state index in [2.05, 4.69) is 9.12 Å². The summed E-state index contributed by atoms with van der Waals surface area (Å²) < 4.78 is 40.0. The Balaban J connectivity index is 1.68. The van der Waals surface area contributed by atoms with Crippen LogP contribution in [0.3, 0.4) is 0 Å². The average molecular weight is 333 g/mol. The average Bonchev–Trinajstić information content (AvgIpc) is 2.51. The molecule has 0 spiro atoms. The van der Waals surface area contributed by atoms with Crippen molar-refractivity contribution >= 4 is 21.7 Å². The second-order valence-electron chi connectivity index (χ2n) is 4.74. The molecule has 1 heterocycles. The van der Waals surface area contributed by atoms with E-state index in [1.54, 1.807) is 18.2 Å². The van der Waals surface area contributed by atoms with Gasteiger partial charge in [-0.15, -0.1) is 4.40 Å². The molecule has 0 amide bonds. The van der Waals surface area contributed by atoms with Crippen molar-refractivity contribution in [1.82, 2.24) is 0 Å². The molecular weight excluding hydrogens is 318 g/mol. The van der Waals surface area contributed by atoms with Crippen molar-refractivity contribution < 1.29 is 17.9 Å². The van der Waals surface area contributed by atoms with Crippen molar-refractivity contribution in [3.05, 3.63) is 54.1 Å². The van der Waals surface area contributed by atoms with Crippen molar-refractivity contribution in [3.8, 4) is 11.5 Å². The summed E-state index contributed by atoms with van der Waals surface area (Å²) in [5.74, 6) is 1.10. The molecule has 8 heteroatoms. The van der Waals surface area contributed by atoms with Crippen molar-refractivity contribution in [2.45, 2.75) is 0 Å². The molecule has 1 aliphatic heterocycles. The van der Waals surface area contributed by atoms with Crippen LogP contribution in [0.25, 0.3) is 0 Å². The molecule has 0 saturated carbocycles. The summed E-state index contributed by atoms with van der Waals surface area (Å²) >= 11 is 0. The molecule has 23 heavy (non-hydrogen) atoms. The van der Waals surface area contributed by atoms with Gasteiger partial charge < -0.3 is 15.2 Å². The first-order chi connectivity index (χ1) is 11.1. The van der Waals surface area contributed by atoms with Gasteiger partial charge in [-0.05, 0) is 24.3 Å². The maximum Gasteiger partial charge on any atom is 0.344 e. The molecule has 3 rings (SSSR count). The number of nitrogens with two attached hydrogens (primary N) is 1. The van der Waals surface area contributed by atoms with Gasteiger partial charge in [0.15, 0.2) is 5.84 Å². The van der Waals surface area contributed by atoms with E-state index in [1.165, 1.54) is 0 Å². The molecule has 2 aromatic rings. The third-order valence-electron chi connectivity index (χ3n) is 3.09. The van der Waals surface area contributed by atoms with E-state index in [0.29, 0.717) is 23.6 Å². The van der Waals surface area contributed by atoms with Crippen LogP contribution in [0.1, 0.15) is 5.56 Å². The zero-order valence-electron chi connectivity index (χ0n) is 12.1. The molecule has 0 fully saturated rings. The molecular formula is C15H15N3O4S. The molecule has 120 valence electrons. The van der Waals surface area contributed by atoms with Gasteiger partial charge in [-0.3, -0.25) is 4.72 Å². The highest BCUT2D eigenvalue weighted by Gasteiger charge is 2.24. The normalized spacial score (nSPS) is 15.0. The van der Waals surface area contributed by atoms with Gasteiger partial charge in [0.25, 0.3) is 0 Å². The summed E-state index contributed by atoms with van der Waals surface area (Å²) in [6.07, 6.45) is 0. The Bertz CT molecular complexity index is 835. The smallest absolute Gasteiger partial charge is 0.344 e. The number of benzene rings is 2. The first kappa shape index (κ1) is 15.2. The number of ether oxygens (including phenoxy) is 2. The summed E-state index contributed by atoms with van der Waals surface area (Å²) in [4.78, 5) is 0. The number of nitrogens with one attached hydrogen (secondary N) is 1. The summed E-state index contributed by atoms with van der Waals surface area (Å²) in [6.45, 7) is 0.627. The fourth-order valence-electron chi connectivity index (χ4n) is 2.17. The Morgan fingerprint density at radius 1 is 1.00 bits per heavy atom. The second kappa shape index (κ2) is 6.17. The number of hydrogen-bond acceptors (Lipinski definition) is 5. The SMILES string of the molecule is NC1=NS(=O)(=O)Nc2cccc(OCCOc3ccccc3)c21. The Labute approximate surface area is 133 Å². The van der Waals surface area contributed by atoms with Crippen LogP contribution >= 0.6 is 0 Å². The highest BCUT2D eigenvalue weighted by Crippen LogP contribution is 2.30. The van der Waals surface area contributed by atoms with Crippen LogP contribution in [0.4, 0.5) is 5.69 Å². The highest BCUT2D eigenvalue weighted by atomic mass is 32.2. The van der Waals surface area contributed by atoms with E-state index in [1.807, 2.05) is 30.3 Å². The van der Waals surface area contributed by atoms with Gasteiger partial charge in [0.05, 0.1) is 11.3 Å². The lowest BCUT2D eigenvalue weighted by molar-refractivity contribution is 0.217. The summed E-state index contributed by atoms with van der Waals surface area (Å²) in [5, 5.41) is 0.